The number of rotatable bonds is 5. The molecular weight excluding hydrogens is 398 g/mol. The zero-order valence-corrected chi connectivity index (χ0v) is 17.2. The Kier molecular flexibility index (Phi) is 6.69. The van der Waals surface area contributed by atoms with E-state index in [0.717, 1.165) is 12.8 Å². The predicted molar refractivity (Wildman–Crippen MR) is 103 cm³/mol. The maximum atomic E-state index is 13.0. The number of ether oxygens (including phenoxy) is 2. The van der Waals surface area contributed by atoms with Crippen LogP contribution in [0.5, 0.6) is 0 Å². The van der Waals surface area contributed by atoms with Gasteiger partial charge in [0, 0.05) is 19.5 Å². The number of hydrogen-bond acceptors (Lipinski definition) is 7. The van der Waals surface area contributed by atoms with E-state index in [1.807, 2.05) is 0 Å². The molecule has 2 aliphatic rings. The van der Waals surface area contributed by atoms with Crippen LogP contribution in [0.2, 0.25) is 0 Å². The van der Waals surface area contributed by atoms with Crippen LogP contribution in [0, 0.1) is 5.92 Å². The molecule has 1 saturated carbocycles. The van der Waals surface area contributed by atoms with Crippen molar-refractivity contribution in [2.24, 2.45) is 5.92 Å². The van der Waals surface area contributed by atoms with E-state index in [2.05, 4.69) is 4.74 Å². The highest BCUT2D eigenvalue weighted by Gasteiger charge is 2.36. The number of ketones is 1. The third kappa shape index (κ3) is 4.67. The molecule has 0 N–H and O–H groups in total. The summed E-state index contributed by atoms with van der Waals surface area (Å²) in [7, 11) is -2.71. The van der Waals surface area contributed by atoms with Crippen LogP contribution in [0.3, 0.4) is 0 Å². The fourth-order valence-corrected chi connectivity index (χ4v) is 5.40. The third-order valence-electron chi connectivity index (χ3n) is 5.45. The first-order valence-corrected chi connectivity index (χ1v) is 11.2. The molecule has 1 aromatic carbocycles. The summed E-state index contributed by atoms with van der Waals surface area (Å²) in [6.07, 6.45) is 2.63. The fourth-order valence-electron chi connectivity index (χ4n) is 3.75. The highest BCUT2D eigenvalue weighted by molar-refractivity contribution is 7.89. The van der Waals surface area contributed by atoms with Crippen LogP contribution in [0.15, 0.2) is 29.2 Å². The first kappa shape index (κ1) is 21.4. The number of sulfonamides is 1. The molecule has 1 heterocycles. The first-order chi connectivity index (χ1) is 13.8. The predicted octanol–water partition coefficient (Wildman–Crippen LogP) is 1.93. The largest absolute Gasteiger partial charge is 0.465 e. The summed E-state index contributed by atoms with van der Waals surface area (Å²) in [6, 6.07) is 5.89. The molecule has 0 spiro atoms. The van der Waals surface area contributed by atoms with E-state index in [1.54, 1.807) is 12.1 Å². The van der Waals surface area contributed by atoms with Gasteiger partial charge in [0.2, 0.25) is 10.0 Å². The second-order valence-corrected chi connectivity index (χ2v) is 9.21. The van der Waals surface area contributed by atoms with E-state index in [9.17, 15) is 22.8 Å². The number of esters is 2. The minimum Gasteiger partial charge on any atom is -0.465 e. The minimum absolute atomic E-state index is 0.0210. The van der Waals surface area contributed by atoms with E-state index >= 15 is 0 Å². The summed E-state index contributed by atoms with van der Waals surface area (Å²) in [5.74, 6) is -1.63. The van der Waals surface area contributed by atoms with Gasteiger partial charge in [-0.1, -0.05) is 12.1 Å². The average Bonchev–Trinajstić information content (AvgIpc) is 2.74. The van der Waals surface area contributed by atoms with Gasteiger partial charge in [-0.3, -0.25) is 9.59 Å². The van der Waals surface area contributed by atoms with Crippen LogP contribution < -0.4 is 0 Å². The Balaban J connectivity index is 1.65. The van der Waals surface area contributed by atoms with Crippen molar-refractivity contribution < 1.29 is 32.3 Å². The lowest BCUT2D eigenvalue weighted by molar-refractivity contribution is -0.161. The molecule has 0 amide bonds. The molecule has 0 radical (unpaired) electrons. The Morgan fingerprint density at radius 3 is 2.41 bits per heavy atom. The quantitative estimate of drug-likeness (QED) is 0.666. The maximum absolute atomic E-state index is 13.0. The number of piperidine rings is 1. The van der Waals surface area contributed by atoms with E-state index in [1.165, 1.54) is 23.5 Å². The number of benzene rings is 1. The first-order valence-electron chi connectivity index (χ1n) is 9.75. The Morgan fingerprint density at radius 2 is 1.76 bits per heavy atom. The van der Waals surface area contributed by atoms with E-state index < -0.39 is 34.0 Å². The monoisotopic (exact) mass is 423 g/mol. The molecular formula is C20H25NO7S. The van der Waals surface area contributed by atoms with E-state index in [4.69, 9.17) is 4.74 Å². The van der Waals surface area contributed by atoms with Crippen LogP contribution in [0.4, 0.5) is 0 Å². The summed E-state index contributed by atoms with van der Waals surface area (Å²) in [5, 5.41) is 0. The summed E-state index contributed by atoms with van der Waals surface area (Å²) in [4.78, 5) is 36.1. The third-order valence-corrected chi connectivity index (χ3v) is 7.41. The molecule has 8 nitrogen and oxygen atoms in total. The number of carbonyl (C=O) groups excluding carboxylic acids is 3. The molecule has 1 aliphatic heterocycles. The van der Waals surface area contributed by atoms with Crippen molar-refractivity contribution in [1.82, 2.24) is 4.31 Å². The Hall–Kier alpha value is -2.26. The van der Waals surface area contributed by atoms with Gasteiger partial charge in [-0.15, -0.1) is 0 Å². The van der Waals surface area contributed by atoms with Crippen LogP contribution in [-0.2, 0) is 29.1 Å². The normalized spacial score (nSPS) is 21.6. The molecule has 2 fully saturated rings. The van der Waals surface area contributed by atoms with Crippen LogP contribution in [0.1, 0.15) is 48.9 Å². The molecule has 0 bridgehead atoms. The highest BCUT2D eigenvalue weighted by atomic mass is 32.2. The van der Waals surface area contributed by atoms with Gasteiger partial charge in [-0.25, -0.2) is 13.2 Å². The van der Waals surface area contributed by atoms with E-state index in [0.29, 0.717) is 25.7 Å². The van der Waals surface area contributed by atoms with Crippen molar-refractivity contribution in [2.45, 2.75) is 49.5 Å². The van der Waals surface area contributed by atoms with Crippen LogP contribution in [-0.4, -0.2) is 56.7 Å². The van der Waals surface area contributed by atoms with Gasteiger partial charge in [0.15, 0.2) is 11.9 Å². The van der Waals surface area contributed by atoms with Gasteiger partial charge in [-0.05, 0) is 44.2 Å². The van der Waals surface area contributed by atoms with Gasteiger partial charge < -0.3 is 9.47 Å². The van der Waals surface area contributed by atoms with Gasteiger partial charge >= 0.3 is 11.9 Å². The minimum atomic E-state index is -3.91. The Bertz CT molecular complexity index is 888. The molecule has 9 heteroatoms. The molecule has 1 aromatic rings. The summed E-state index contributed by atoms with van der Waals surface area (Å²) in [6.45, 7) is 0.270. The molecule has 158 valence electrons. The topological polar surface area (TPSA) is 107 Å². The van der Waals surface area contributed by atoms with Crippen LogP contribution >= 0.6 is 0 Å². The molecule has 1 aliphatic carbocycles. The lowest BCUT2D eigenvalue weighted by Crippen LogP contribution is -2.42. The van der Waals surface area contributed by atoms with Crippen molar-refractivity contribution >= 4 is 27.7 Å². The smallest absolute Gasteiger partial charge is 0.339 e. The van der Waals surface area contributed by atoms with Crippen molar-refractivity contribution in [1.29, 1.82) is 0 Å². The van der Waals surface area contributed by atoms with Gasteiger partial charge in [0.05, 0.1) is 23.5 Å². The molecule has 29 heavy (non-hydrogen) atoms. The molecule has 0 aromatic heterocycles. The zero-order valence-electron chi connectivity index (χ0n) is 16.3. The second-order valence-electron chi connectivity index (χ2n) is 7.30. The summed E-state index contributed by atoms with van der Waals surface area (Å²) in [5.41, 5.74) is -0.0210. The molecule has 1 saturated heterocycles. The number of hydrogen-bond donors (Lipinski definition) is 0. The fraction of sp³-hybridized carbons (Fsp3) is 0.550. The van der Waals surface area contributed by atoms with Gasteiger partial charge in [0.1, 0.15) is 0 Å². The summed E-state index contributed by atoms with van der Waals surface area (Å²) >= 11 is 0. The van der Waals surface area contributed by atoms with Crippen LogP contribution in [0.25, 0.3) is 0 Å². The van der Waals surface area contributed by atoms with Crippen molar-refractivity contribution in [3.8, 4) is 0 Å². The van der Waals surface area contributed by atoms with Gasteiger partial charge in [-0.2, -0.15) is 4.31 Å². The van der Waals surface area contributed by atoms with Gasteiger partial charge in [0.25, 0.3) is 0 Å². The molecule has 1 atom stereocenters. The standard InChI is InChI=1S/C20H25NO7S/c1-27-20(24)15-6-2-5-9-18(15)29(25,26)21-12-10-14(11-13-21)19(23)28-17-8-4-3-7-16(17)22/h2,5-6,9,14,17H,3-4,7-8,10-13H2,1H3/t17-/m1/s1. The summed E-state index contributed by atoms with van der Waals surface area (Å²) < 4.78 is 37.4. The lowest BCUT2D eigenvalue weighted by atomic mass is 9.95. The van der Waals surface area contributed by atoms with Crippen molar-refractivity contribution in [3.63, 3.8) is 0 Å². The second kappa shape index (κ2) is 9.04. The van der Waals surface area contributed by atoms with Crippen molar-refractivity contribution in [3.05, 3.63) is 29.8 Å². The number of nitrogens with zero attached hydrogens (tertiary/aromatic N) is 1. The maximum Gasteiger partial charge on any atom is 0.339 e. The number of methoxy groups -OCH3 is 1. The van der Waals surface area contributed by atoms with E-state index in [-0.39, 0.29) is 29.3 Å². The number of Topliss-reactive ketones (excluding diaryl/α,β-unsaturated/α-hetero) is 1. The molecule has 0 unspecified atom stereocenters. The number of carbonyl (C=O) groups is 3. The van der Waals surface area contributed by atoms with Crippen molar-refractivity contribution in [2.75, 3.05) is 20.2 Å². The Labute approximate surface area is 170 Å². The average molecular weight is 423 g/mol. The molecule has 3 rings (SSSR count). The zero-order chi connectivity index (χ0) is 21.0. The Morgan fingerprint density at radius 1 is 1.07 bits per heavy atom. The lowest BCUT2D eigenvalue weighted by Gasteiger charge is -2.31. The highest BCUT2D eigenvalue weighted by Crippen LogP contribution is 2.28. The SMILES string of the molecule is COC(=O)c1ccccc1S(=O)(=O)N1CCC(C(=O)O[C@@H]2CCCCC2=O)CC1.